The Morgan fingerprint density at radius 3 is 2.83 bits per heavy atom. The highest BCUT2D eigenvalue weighted by molar-refractivity contribution is 7.98. The van der Waals surface area contributed by atoms with Crippen molar-refractivity contribution in [3.05, 3.63) is 35.6 Å². The molecule has 18 heavy (non-hydrogen) atoms. The zero-order valence-electron chi connectivity index (χ0n) is 10.3. The first-order valence-corrected chi connectivity index (χ1v) is 7.51. The molecule has 1 aliphatic carbocycles. The Labute approximate surface area is 111 Å². The van der Waals surface area contributed by atoms with Crippen LogP contribution in [-0.2, 0) is 10.5 Å². The van der Waals surface area contributed by atoms with Gasteiger partial charge in [0.15, 0.2) is 0 Å². The van der Waals surface area contributed by atoms with Gasteiger partial charge in [-0.2, -0.15) is 11.8 Å². The molecule has 0 radical (unpaired) electrons. The van der Waals surface area contributed by atoms with E-state index >= 15 is 0 Å². The highest BCUT2D eigenvalue weighted by atomic mass is 32.2. The number of nitrogens with one attached hydrogen (secondary N) is 1. The van der Waals surface area contributed by atoms with Crippen molar-refractivity contribution >= 4 is 17.7 Å². The lowest BCUT2D eigenvalue weighted by Crippen LogP contribution is -2.35. The van der Waals surface area contributed by atoms with Gasteiger partial charge in [-0.15, -0.1) is 0 Å². The summed E-state index contributed by atoms with van der Waals surface area (Å²) in [7, 11) is 0. The molecule has 0 spiro atoms. The van der Waals surface area contributed by atoms with Crippen molar-refractivity contribution in [2.24, 2.45) is 5.92 Å². The molecule has 1 aromatic rings. The van der Waals surface area contributed by atoms with Crippen LogP contribution in [0.5, 0.6) is 0 Å². The van der Waals surface area contributed by atoms with Crippen LogP contribution in [0.2, 0.25) is 0 Å². The van der Waals surface area contributed by atoms with Crippen molar-refractivity contribution in [1.82, 2.24) is 5.32 Å². The fourth-order valence-corrected chi connectivity index (χ4v) is 2.70. The van der Waals surface area contributed by atoms with Crippen molar-refractivity contribution in [2.45, 2.75) is 25.0 Å². The van der Waals surface area contributed by atoms with E-state index in [4.69, 9.17) is 0 Å². The van der Waals surface area contributed by atoms with E-state index in [0.717, 1.165) is 24.2 Å². The number of halogens is 1. The monoisotopic (exact) mass is 267 g/mol. The van der Waals surface area contributed by atoms with Gasteiger partial charge in [0, 0.05) is 24.0 Å². The molecule has 1 saturated carbocycles. The highest BCUT2D eigenvalue weighted by Gasteiger charge is 2.24. The third kappa shape index (κ3) is 3.73. The Morgan fingerprint density at radius 2 is 2.17 bits per heavy atom. The standard InChI is InChI=1S/C14H18FNOS/c15-13-7-2-1-4-12(13)10-18-9-8-16-14(17)11-5-3-6-11/h1-2,4,7,11H,3,5-6,8-10H2,(H,16,17). The van der Waals surface area contributed by atoms with E-state index < -0.39 is 0 Å². The number of hydrogen-bond acceptors (Lipinski definition) is 2. The van der Waals surface area contributed by atoms with Crippen LogP contribution in [-0.4, -0.2) is 18.2 Å². The number of amides is 1. The Balaban J connectivity index is 1.58. The Morgan fingerprint density at radius 1 is 1.39 bits per heavy atom. The number of hydrogen-bond donors (Lipinski definition) is 1. The summed E-state index contributed by atoms with van der Waals surface area (Å²) in [6.07, 6.45) is 3.25. The van der Waals surface area contributed by atoms with Gasteiger partial charge in [0.2, 0.25) is 5.91 Å². The number of rotatable bonds is 6. The van der Waals surface area contributed by atoms with Crippen molar-refractivity contribution in [3.8, 4) is 0 Å². The zero-order valence-corrected chi connectivity index (χ0v) is 11.1. The summed E-state index contributed by atoms with van der Waals surface area (Å²) in [5, 5.41) is 2.93. The lowest BCUT2D eigenvalue weighted by Gasteiger charge is -2.23. The van der Waals surface area contributed by atoms with Crippen molar-refractivity contribution in [2.75, 3.05) is 12.3 Å². The van der Waals surface area contributed by atoms with Crippen LogP contribution in [0.15, 0.2) is 24.3 Å². The second-order valence-corrected chi connectivity index (χ2v) is 5.67. The lowest BCUT2D eigenvalue weighted by molar-refractivity contribution is -0.127. The van der Waals surface area contributed by atoms with Crippen LogP contribution in [0.1, 0.15) is 24.8 Å². The second kappa shape index (κ2) is 6.78. The molecule has 2 rings (SSSR count). The van der Waals surface area contributed by atoms with Crippen LogP contribution in [0.25, 0.3) is 0 Å². The third-order valence-corrected chi connectivity index (χ3v) is 4.24. The van der Waals surface area contributed by atoms with E-state index in [9.17, 15) is 9.18 Å². The third-order valence-electron chi connectivity index (χ3n) is 3.24. The SMILES string of the molecule is O=C(NCCSCc1ccccc1F)C1CCC1. The van der Waals surface area contributed by atoms with Crippen LogP contribution in [0.3, 0.4) is 0 Å². The molecule has 0 heterocycles. The summed E-state index contributed by atoms with van der Waals surface area (Å²) >= 11 is 1.65. The summed E-state index contributed by atoms with van der Waals surface area (Å²) in [5.74, 6) is 1.77. The van der Waals surface area contributed by atoms with Crippen LogP contribution in [0.4, 0.5) is 4.39 Å². The molecule has 1 aromatic carbocycles. The van der Waals surface area contributed by atoms with E-state index in [0.29, 0.717) is 12.3 Å². The minimum atomic E-state index is -0.150. The predicted octanol–water partition coefficient (Wildman–Crippen LogP) is 2.98. The summed E-state index contributed by atoms with van der Waals surface area (Å²) in [5.41, 5.74) is 0.729. The van der Waals surface area contributed by atoms with Gasteiger partial charge in [-0.1, -0.05) is 24.6 Å². The predicted molar refractivity (Wildman–Crippen MR) is 72.9 cm³/mol. The maximum atomic E-state index is 13.3. The number of benzene rings is 1. The Bertz CT molecular complexity index is 407. The van der Waals surface area contributed by atoms with Gasteiger partial charge in [-0.05, 0) is 24.5 Å². The molecule has 1 N–H and O–H groups in total. The first-order valence-electron chi connectivity index (χ1n) is 6.36. The van der Waals surface area contributed by atoms with Gasteiger partial charge in [-0.25, -0.2) is 4.39 Å². The molecule has 0 unspecified atom stereocenters. The fraction of sp³-hybridized carbons (Fsp3) is 0.500. The van der Waals surface area contributed by atoms with E-state index in [1.807, 2.05) is 6.07 Å². The first-order chi connectivity index (χ1) is 8.77. The largest absolute Gasteiger partial charge is 0.355 e. The maximum absolute atomic E-state index is 13.3. The first kappa shape index (κ1) is 13.4. The molecule has 0 aliphatic heterocycles. The van der Waals surface area contributed by atoms with E-state index in [-0.39, 0.29) is 17.6 Å². The fourth-order valence-electron chi connectivity index (χ4n) is 1.86. The molecular formula is C14H18FNOS. The van der Waals surface area contributed by atoms with Crippen molar-refractivity contribution < 1.29 is 9.18 Å². The van der Waals surface area contributed by atoms with Crippen molar-refractivity contribution in [1.29, 1.82) is 0 Å². The van der Waals surface area contributed by atoms with Gasteiger partial charge in [0.1, 0.15) is 5.82 Å². The quantitative estimate of drug-likeness (QED) is 0.803. The van der Waals surface area contributed by atoms with Gasteiger partial charge < -0.3 is 5.32 Å². The minimum Gasteiger partial charge on any atom is -0.355 e. The molecule has 2 nitrogen and oxygen atoms in total. The number of thioether (sulfide) groups is 1. The summed E-state index contributed by atoms with van der Waals surface area (Å²) in [6, 6.07) is 6.82. The molecule has 1 aliphatic rings. The maximum Gasteiger partial charge on any atom is 0.223 e. The minimum absolute atomic E-state index is 0.150. The number of carbonyl (C=O) groups excluding carboxylic acids is 1. The smallest absolute Gasteiger partial charge is 0.223 e. The Kier molecular flexibility index (Phi) is 5.05. The molecule has 0 atom stereocenters. The normalized spacial score (nSPS) is 15.2. The van der Waals surface area contributed by atoms with Gasteiger partial charge >= 0.3 is 0 Å². The lowest BCUT2D eigenvalue weighted by atomic mass is 9.85. The van der Waals surface area contributed by atoms with Gasteiger partial charge in [-0.3, -0.25) is 4.79 Å². The van der Waals surface area contributed by atoms with E-state index in [1.165, 1.54) is 12.5 Å². The number of carbonyl (C=O) groups is 1. The van der Waals surface area contributed by atoms with Crippen LogP contribution < -0.4 is 5.32 Å². The topological polar surface area (TPSA) is 29.1 Å². The molecule has 0 bridgehead atoms. The van der Waals surface area contributed by atoms with E-state index in [2.05, 4.69) is 5.32 Å². The molecule has 0 saturated heterocycles. The summed E-state index contributed by atoms with van der Waals surface area (Å²) < 4.78 is 13.3. The molecule has 98 valence electrons. The van der Waals surface area contributed by atoms with Crippen LogP contribution >= 0.6 is 11.8 Å². The second-order valence-electron chi connectivity index (χ2n) is 4.56. The summed E-state index contributed by atoms with van der Waals surface area (Å²) in [4.78, 5) is 11.5. The summed E-state index contributed by atoms with van der Waals surface area (Å²) in [6.45, 7) is 0.675. The van der Waals surface area contributed by atoms with E-state index in [1.54, 1.807) is 23.9 Å². The molecule has 1 fully saturated rings. The average Bonchev–Trinajstić information content (AvgIpc) is 2.28. The molecule has 4 heteroatoms. The molecular weight excluding hydrogens is 249 g/mol. The van der Waals surface area contributed by atoms with Gasteiger partial charge in [0.05, 0.1) is 0 Å². The highest BCUT2D eigenvalue weighted by Crippen LogP contribution is 2.26. The van der Waals surface area contributed by atoms with Crippen molar-refractivity contribution in [3.63, 3.8) is 0 Å². The zero-order chi connectivity index (χ0) is 12.8. The average molecular weight is 267 g/mol. The molecule has 1 amide bonds. The Hall–Kier alpha value is -1.03. The molecule has 0 aromatic heterocycles. The van der Waals surface area contributed by atoms with Gasteiger partial charge in [0.25, 0.3) is 0 Å². The van der Waals surface area contributed by atoms with Crippen LogP contribution in [0, 0.1) is 11.7 Å².